The predicted octanol–water partition coefficient (Wildman–Crippen LogP) is 3.34. The number of carbonyl (C=O) groups is 1. The fourth-order valence-corrected chi connectivity index (χ4v) is 3.06. The molecule has 0 atom stereocenters. The molecule has 2 N–H and O–H groups in total. The summed E-state index contributed by atoms with van der Waals surface area (Å²) in [5.41, 5.74) is 5.12. The maximum atomic E-state index is 12.1. The molecule has 2 aromatic carbocycles. The Bertz CT molecular complexity index is 948. The first-order valence-corrected chi connectivity index (χ1v) is 8.56. The van der Waals surface area contributed by atoms with E-state index >= 15 is 0 Å². The Hall–Kier alpha value is -3.28. The quantitative estimate of drug-likeness (QED) is 0.760. The largest absolute Gasteiger partial charge is 0.493 e. The van der Waals surface area contributed by atoms with Crippen LogP contribution in [0.2, 0.25) is 0 Å². The van der Waals surface area contributed by atoms with E-state index in [1.807, 2.05) is 49.6 Å². The highest BCUT2D eigenvalue weighted by Gasteiger charge is 2.13. The summed E-state index contributed by atoms with van der Waals surface area (Å²) in [7, 11) is 1.85. The average Bonchev–Trinajstić information content (AvgIpc) is 3.28. The third kappa shape index (κ3) is 3.54. The molecule has 6 nitrogen and oxygen atoms in total. The summed E-state index contributed by atoms with van der Waals surface area (Å²) in [5, 5.41) is 9.80. The molecule has 0 saturated carbocycles. The van der Waals surface area contributed by atoms with Gasteiger partial charge in [0.2, 0.25) is 0 Å². The number of hydrogen-bond acceptors (Lipinski definition) is 3. The molecule has 0 spiro atoms. The minimum Gasteiger partial charge on any atom is -0.493 e. The second kappa shape index (κ2) is 6.92. The van der Waals surface area contributed by atoms with Crippen molar-refractivity contribution in [1.29, 1.82) is 0 Å². The van der Waals surface area contributed by atoms with Crippen molar-refractivity contribution in [2.75, 3.05) is 11.9 Å². The van der Waals surface area contributed by atoms with Gasteiger partial charge in [-0.05, 0) is 41.0 Å². The number of hydrogen-bond donors (Lipinski definition) is 2. The highest BCUT2D eigenvalue weighted by atomic mass is 16.5. The number of ether oxygens (including phenoxy) is 1. The summed E-state index contributed by atoms with van der Waals surface area (Å²) in [5.74, 6) is 0.970. The number of anilines is 1. The third-order valence-electron chi connectivity index (χ3n) is 4.35. The van der Waals surface area contributed by atoms with Crippen LogP contribution in [-0.4, -0.2) is 22.4 Å². The number of benzene rings is 2. The van der Waals surface area contributed by atoms with Crippen LogP contribution in [0.25, 0.3) is 11.1 Å². The third-order valence-corrected chi connectivity index (χ3v) is 4.35. The van der Waals surface area contributed by atoms with Crippen molar-refractivity contribution >= 4 is 11.7 Å². The zero-order chi connectivity index (χ0) is 17.9. The van der Waals surface area contributed by atoms with Gasteiger partial charge in [0.15, 0.2) is 0 Å². The lowest BCUT2D eigenvalue weighted by Crippen LogP contribution is -2.28. The summed E-state index contributed by atoms with van der Waals surface area (Å²) in [6, 6.07) is 13.8. The smallest absolute Gasteiger partial charge is 0.319 e. The highest BCUT2D eigenvalue weighted by molar-refractivity contribution is 5.90. The van der Waals surface area contributed by atoms with Gasteiger partial charge in [-0.25, -0.2) is 4.79 Å². The van der Waals surface area contributed by atoms with Gasteiger partial charge < -0.3 is 15.4 Å². The molecule has 3 aromatic rings. The van der Waals surface area contributed by atoms with E-state index in [1.165, 1.54) is 5.56 Å². The molecule has 0 aliphatic carbocycles. The van der Waals surface area contributed by atoms with Crippen LogP contribution >= 0.6 is 0 Å². The average molecular weight is 348 g/mol. The molecule has 4 rings (SSSR count). The Morgan fingerprint density at radius 1 is 1.23 bits per heavy atom. The van der Waals surface area contributed by atoms with E-state index in [4.69, 9.17) is 4.74 Å². The SMILES string of the molecule is Cn1cc(CNC(=O)Nc2cccc(-c3ccc4c(c3)CCO4)c2)cn1. The second-order valence-electron chi connectivity index (χ2n) is 6.33. The first-order valence-electron chi connectivity index (χ1n) is 8.56. The number of carbonyl (C=O) groups excluding carboxylic acids is 1. The fraction of sp³-hybridized carbons (Fsp3) is 0.200. The molecular weight excluding hydrogens is 328 g/mol. The Morgan fingerprint density at radius 2 is 2.12 bits per heavy atom. The number of rotatable bonds is 4. The molecule has 1 aliphatic heterocycles. The molecule has 0 unspecified atom stereocenters. The molecule has 2 amide bonds. The van der Waals surface area contributed by atoms with Crippen molar-refractivity contribution in [3.05, 3.63) is 66.0 Å². The molecule has 0 radical (unpaired) electrons. The van der Waals surface area contributed by atoms with Gasteiger partial charge >= 0.3 is 6.03 Å². The first-order chi connectivity index (χ1) is 12.7. The Balaban J connectivity index is 1.43. The molecule has 132 valence electrons. The molecule has 6 heteroatoms. The number of aryl methyl sites for hydroxylation is 1. The molecule has 2 heterocycles. The summed E-state index contributed by atoms with van der Waals surface area (Å²) in [6.45, 7) is 1.18. The fourth-order valence-electron chi connectivity index (χ4n) is 3.06. The van der Waals surface area contributed by atoms with Crippen molar-refractivity contribution in [3.63, 3.8) is 0 Å². The van der Waals surface area contributed by atoms with Crippen LogP contribution in [0.1, 0.15) is 11.1 Å². The molecule has 0 fully saturated rings. The van der Waals surface area contributed by atoms with Crippen LogP contribution in [0.15, 0.2) is 54.9 Å². The van der Waals surface area contributed by atoms with Crippen LogP contribution in [0, 0.1) is 0 Å². The van der Waals surface area contributed by atoms with Gasteiger partial charge in [0.05, 0.1) is 12.8 Å². The molecule has 1 aliphatic rings. The summed E-state index contributed by atoms with van der Waals surface area (Å²) in [6.07, 6.45) is 4.55. The second-order valence-corrected chi connectivity index (χ2v) is 6.33. The molecule has 0 bridgehead atoms. The highest BCUT2D eigenvalue weighted by Crippen LogP contribution is 2.31. The van der Waals surface area contributed by atoms with Gasteiger partial charge in [0, 0.05) is 37.5 Å². The van der Waals surface area contributed by atoms with Crippen LogP contribution in [-0.2, 0) is 20.0 Å². The van der Waals surface area contributed by atoms with E-state index in [1.54, 1.807) is 10.9 Å². The number of aromatic nitrogens is 2. The standard InChI is InChI=1S/C20H20N4O2/c1-24-13-14(12-22-24)11-21-20(25)23-18-4-2-3-15(10-18)16-5-6-19-17(9-16)7-8-26-19/h2-6,9-10,12-13H,7-8,11H2,1H3,(H2,21,23,25). The van der Waals surface area contributed by atoms with Gasteiger partial charge in [-0.2, -0.15) is 5.10 Å². The Kier molecular flexibility index (Phi) is 4.31. The number of amides is 2. The minimum atomic E-state index is -0.242. The Morgan fingerprint density at radius 3 is 2.96 bits per heavy atom. The lowest BCUT2D eigenvalue weighted by molar-refractivity contribution is 0.251. The van der Waals surface area contributed by atoms with Gasteiger partial charge in [-0.3, -0.25) is 4.68 Å². The summed E-state index contributed by atoms with van der Waals surface area (Å²) >= 11 is 0. The van der Waals surface area contributed by atoms with E-state index in [0.29, 0.717) is 6.54 Å². The summed E-state index contributed by atoms with van der Waals surface area (Å²) in [4.78, 5) is 12.1. The van der Waals surface area contributed by atoms with Crippen molar-refractivity contribution in [2.45, 2.75) is 13.0 Å². The van der Waals surface area contributed by atoms with Gasteiger partial charge in [-0.1, -0.05) is 18.2 Å². The maximum absolute atomic E-state index is 12.1. The molecule has 26 heavy (non-hydrogen) atoms. The molecule has 1 aromatic heterocycles. The number of nitrogens with zero attached hydrogens (tertiary/aromatic N) is 2. The van der Waals surface area contributed by atoms with Crippen LogP contribution in [0.5, 0.6) is 5.75 Å². The number of urea groups is 1. The minimum absolute atomic E-state index is 0.242. The van der Waals surface area contributed by atoms with Crippen molar-refractivity contribution in [2.24, 2.45) is 7.05 Å². The van der Waals surface area contributed by atoms with E-state index < -0.39 is 0 Å². The topological polar surface area (TPSA) is 68.2 Å². The van der Waals surface area contributed by atoms with Crippen LogP contribution in [0.4, 0.5) is 10.5 Å². The van der Waals surface area contributed by atoms with Crippen LogP contribution in [0.3, 0.4) is 0 Å². The van der Waals surface area contributed by atoms with Gasteiger partial charge in [0.1, 0.15) is 5.75 Å². The normalized spacial score (nSPS) is 12.3. The number of nitrogens with one attached hydrogen (secondary N) is 2. The van der Waals surface area contributed by atoms with E-state index in [0.717, 1.165) is 41.2 Å². The zero-order valence-electron chi connectivity index (χ0n) is 14.5. The number of fused-ring (bicyclic) bond motifs is 1. The zero-order valence-corrected chi connectivity index (χ0v) is 14.5. The van der Waals surface area contributed by atoms with E-state index in [9.17, 15) is 4.79 Å². The van der Waals surface area contributed by atoms with E-state index in [-0.39, 0.29) is 6.03 Å². The molecule has 0 saturated heterocycles. The van der Waals surface area contributed by atoms with Crippen molar-refractivity contribution in [3.8, 4) is 16.9 Å². The lowest BCUT2D eigenvalue weighted by Gasteiger charge is -2.09. The van der Waals surface area contributed by atoms with Gasteiger partial charge in [0.25, 0.3) is 0 Å². The first kappa shape index (κ1) is 16.2. The maximum Gasteiger partial charge on any atom is 0.319 e. The predicted molar refractivity (Wildman–Crippen MR) is 100 cm³/mol. The summed E-state index contributed by atoms with van der Waals surface area (Å²) < 4.78 is 7.27. The van der Waals surface area contributed by atoms with E-state index in [2.05, 4.69) is 21.8 Å². The van der Waals surface area contributed by atoms with Crippen molar-refractivity contribution in [1.82, 2.24) is 15.1 Å². The molecular formula is C20H20N4O2. The van der Waals surface area contributed by atoms with Crippen molar-refractivity contribution < 1.29 is 9.53 Å². The Labute approximate surface area is 151 Å². The monoisotopic (exact) mass is 348 g/mol. The lowest BCUT2D eigenvalue weighted by atomic mass is 10.0. The van der Waals surface area contributed by atoms with Gasteiger partial charge in [-0.15, -0.1) is 0 Å². The van der Waals surface area contributed by atoms with Crippen LogP contribution < -0.4 is 15.4 Å².